The molecule has 25 heavy (non-hydrogen) atoms. The number of amides is 2. The van der Waals surface area contributed by atoms with E-state index in [1.54, 1.807) is 22.7 Å². The highest BCUT2D eigenvalue weighted by Crippen LogP contribution is 2.25. The van der Waals surface area contributed by atoms with Gasteiger partial charge >= 0.3 is 0 Å². The summed E-state index contributed by atoms with van der Waals surface area (Å²) in [5.74, 6) is -0.0618. The number of nitrogens with one attached hydrogen (secondary N) is 2. The Morgan fingerprint density at radius 2 is 2.00 bits per heavy atom. The van der Waals surface area contributed by atoms with Crippen molar-refractivity contribution in [2.24, 2.45) is 0 Å². The van der Waals surface area contributed by atoms with Crippen LogP contribution < -0.4 is 10.6 Å². The lowest BCUT2D eigenvalue weighted by molar-refractivity contribution is -0.122. The largest absolute Gasteiger partial charge is 0.355 e. The van der Waals surface area contributed by atoms with E-state index in [2.05, 4.69) is 15.6 Å². The van der Waals surface area contributed by atoms with Crippen molar-refractivity contribution in [2.45, 2.75) is 51.0 Å². The van der Waals surface area contributed by atoms with Gasteiger partial charge in [-0.05, 0) is 24.3 Å². The molecule has 1 aliphatic carbocycles. The molecule has 2 aromatic rings. The quantitative estimate of drug-likeness (QED) is 0.777. The summed E-state index contributed by atoms with van der Waals surface area (Å²) in [6.45, 7) is 0.374. The van der Waals surface area contributed by atoms with Gasteiger partial charge in [0.05, 0.1) is 12.1 Å². The third-order valence-electron chi connectivity index (χ3n) is 4.31. The minimum absolute atomic E-state index is 0.0283. The lowest BCUT2D eigenvalue weighted by Crippen LogP contribution is -2.38. The van der Waals surface area contributed by atoms with Crippen LogP contribution in [-0.2, 0) is 16.0 Å². The van der Waals surface area contributed by atoms with Gasteiger partial charge in [0.25, 0.3) is 0 Å². The van der Waals surface area contributed by atoms with Gasteiger partial charge in [0.15, 0.2) is 0 Å². The molecule has 0 unspecified atom stereocenters. The Hall–Kier alpha value is -1.73. The molecule has 7 heteroatoms. The van der Waals surface area contributed by atoms with Gasteiger partial charge in [-0.15, -0.1) is 11.3 Å². The second-order valence-electron chi connectivity index (χ2n) is 6.34. The summed E-state index contributed by atoms with van der Waals surface area (Å²) >= 11 is 3.18. The lowest BCUT2D eigenvalue weighted by atomic mass is 9.95. The highest BCUT2D eigenvalue weighted by Gasteiger charge is 2.15. The monoisotopic (exact) mass is 377 g/mol. The average Bonchev–Trinajstić information content (AvgIpc) is 3.27. The predicted molar refractivity (Wildman–Crippen MR) is 102 cm³/mol. The van der Waals surface area contributed by atoms with E-state index < -0.39 is 0 Å². The van der Waals surface area contributed by atoms with Gasteiger partial charge in [-0.3, -0.25) is 9.59 Å². The molecule has 0 bridgehead atoms. The van der Waals surface area contributed by atoms with Crippen molar-refractivity contribution in [1.82, 2.24) is 15.6 Å². The molecule has 5 nitrogen and oxygen atoms in total. The third-order valence-corrected chi connectivity index (χ3v) is 5.93. The van der Waals surface area contributed by atoms with Crippen LogP contribution in [0, 0.1) is 0 Å². The number of hydrogen-bond donors (Lipinski definition) is 2. The molecular weight excluding hydrogens is 354 g/mol. The van der Waals surface area contributed by atoms with Crippen molar-refractivity contribution in [3.8, 4) is 10.6 Å². The van der Waals surface area contributed by atoms with Crippen molar-refractivity contribution in [2.75, 3.05) is 6.54 Å². The molecule has 2 amide bonds. The fraction of sp³-hybridized carbons (Fsp3) is 0.500. The van der Waals surface area contributed by atoms with Crippen LogP contribution in [0.3, 0.4) is 0 Å². The van der Waals surface area contributed by atoms with Crippen LogP contribution in [0.5, 0.6) is 0 Å². The Morgan fingerprint density at radius 1 is 1.16 bits per heavy atom. The number of thiophene rings is 1. The summed E-state index contributed by atoms with van der Waals surface area (Å²) in [5, 5.41) is 12.8. The van der Waals surface area contributed by atoms with Gasteiger partial charge in [-0.2, -0.15) is 11.3 Å². The highest BCUT2D eigenvalue weighted by molar-refractivity contribution is 7.14. The minimum Gasteiger partial charge on any atom is -0.355 e. The van der Waals surface area contributed by atoms with Crippen LogP contribution in [0.1, 0.15) is 44.2 Å². The van der Waals surface area contributed by atoms with E-state index in [-0.39, 0.29) is 18.2 Å². The van der Waals surface area contributed by atoms with Crippen LogP contribution in [0.2, 0.25) is 0 Å². The number of carbonyl (C=O) groups excluding carboxylic acids is 2. The molecule has 1 aliphatic rings. The first kappa shape index (κ1) is 18.1. The molecule has 0 aromatic carbocycles. The summed E-state index contributed by atoms with van der Waals surface area (Å²) in [5.41, 5.74) is 1.87. The van der Waals surface area contributed by atoms with E-state index in [9.17, 15) is 9.59 Å². The normalized spacial score (nSPS) is 15.0. The topological polar surface area (TPSA) is 71.1 Å². The molecule has 134 valence electrons. The molecule has 3 rings (SSSR count). The standard InChI is InChI=1S/C18H23N3O2S2/c22-16(20-14-4-2-1-3-5-14)6-8-19-17(23)10-15-12-25-18(21-15)13-7-9-24-11-13/h7,9,11-12,14H,1-6,8,10H2,(H,19,23)(H,20,22). The van der Waals surface area contributed by atoms with E-state index in [1.165, 1.54) is 19.3 Å². The molecule has 0 saturated heterocycles. The summed E-state index contributed by atoms with van der Waals surface area (Å²) in [6, 6.07) is 2.35. The van der Waals surface area contributed by atoms with Gasteiger partial charge in [-0.1, -0.05) is 19.3 Å². The second kappa shape index (κ2) is 9.10. The van der Waals surface area contributed by atoms with Gasteiger partial charge in [0.1, 0.15) is 5.01 Å². The van der Waals surface area contributed by atoms with Crippen LogP contribution in [-0.4, -0.2) is 29.4 Å². The Labute approximate surface area is 155 Å². The number of hydrogen-bond acceptors (Lipinski definition) is 5. The molecule has 1 saturated carbocycles. The van der Waals surface area contributed by atoms with Crippen LogP contribution in [0.15, 0.2) is 22.2 Å². The highest BCUT2D eigenvalue weighted by atomic mass is 32.1. The Bertz CT molecular complexity index is 691. The van der Waals surface area contributed by atoms with Crippen LogP contribution in [0.4, 0.5) is 0 Å². The maximum Gasteiger partial charge on any atom is 0.226 e. The minimum atomic E-state index is -0.0902. The van der Waals surface area contributed by atoms with Crippen molar-refractivity contribution >= 4 is 34.5 Å². The SMILES string of the molecule is O=C(Cc1csc(-c2ccsc2)n1)NCCC(=O)NC1CCCCC1. The first-order valence-electron chi connectivity index (χ1n) is 8.74. The number of carbonyl (C=O) groups is 2. The summed E-state index contributed by atoms with van der Waals surface area (Å²) in [7, 11) is 0. The molecule has 2 aromatic heterocycles. The maximum absolute atomic E-state index is 12.0. The third kappa shape index (κ3) is 5.64. The molecule has 0 aliphatic heterocycles. The Balaban J connectivity index is 1.36. The molecule has 0 radical (unpaired) electrons. The molecule has 1 fully saturated rings. The average molecular weight is 378 g/mol. The lowest BCUT2D eigenvalue weighted by Gasteiger charge is -2.22. The first-order chi connectivity index (χ1) is 12.2. The fourth-order valence-electron chi connectivity index (χ4n) is 3.00. The zero-order valence-electron chi connectivity index (χ0n) is 14.1. The maximum atomic E-state index is 12.0. The first-order valence-corrected chi connectivity index (χ1v) is 10.6. The summed E-state index contributed by atoms with van der Waals surface area (Å²) < 4.78 is 0. The molecule has 2 heterocycles. The number of rotatable bonds is 7. The summed E-state index contributed by atoms with van der Waals surface area (Å²) in [6.07, 6.45) is 6.41. The van der Waals surface area contributed by atoms with E-state index in [0.717, 1.165) is 29.1 Å². The van der Waals surface area contributed by atoms with Crippen molar-refractivity contribution in [1.29, 1.82) is 0 Å². The number of nitrogens with zero attached hydrogens (tertiary/aromatic N) is 1. The Morgan fingerprint density at radius 3 is 2.76 bits per heavy atom. The van der Waals surface area contributed by atoms with Gasteiger partial charge in [0, 0.05) is 35.3 Å². The predicted octanol–water partition coefficient (Wildman–Crippen LogP) is 3.37. The van der Waals surface area contributed by atoms with Crippen molar-refractivity contribution in [3.05, 3.63) is 27.9 Å². The second-order valence-corrected chi connectivity index (χ2v) is 7.97. The molecule has 0 spiro atoms. The van der Waals surface area contributed by atoms with E-state index in [4.69, 9.17) is 0 Å². The van der Waals surface area contributed by atoms with Crippen LogP contribution in [0.25, 0.3) is 10.6 Å². The van der Waals surface area contributed by atoms with Gasteiger partial charge < -0.3 is 10.6 Å². The van der Waals surface area contributed by atoms with Gasteiger partial charge in [0.2, 0.25) is 11.8 Å². The van der Waals surface area contributed by atoms with E-state index in [0.29, 0.717) is 19.0 Å². The smallest absolute Gasteiger partial charge is 0.226 e. The zero-order valence-corrected chi connectivity index (χ0v) is 15.8. The summed E-state index contributed by atoms with van der Waals surface area (Å²) in [4.78, 5) is 28.4. The number of thiazole rings is 1. The Kier molecular flexibility index (Phi) is 6.58. The molecule has 0 atom stereocenters. The van der Waals surface area contributed by atoms with Crippen molar-refractivity contribution in [3.63, 3.8) is 0 Å². The molecular formula is C18H23N3O2S2. The fourth-order valence-corrected chi connectivity index (χ4v) is 4.53. The van der Waals surface area contributed by atoms with Gasteiger partial charge in [-0.25, -0.2) is 4.98 Å². The van der Waals surface area contributed by atoms with Crippen molar-refractivity contribution < 1.29 is 9.59 Å². The van der Waals surface area contributed by atoms with E-state index >= 15 is 0 Å². The van der Waals surface area contributed by atoms with Crippen LogP contribution >= 0.6 is 22.7 Å². The van der Waals surface area contributed by atoms with E-state index in [1.807, 2.05) is 22.2 Å². The molecule has 2 N–H and O–H groups in total. The number of aromatic nitrogens is 1. The zero-order chi connectivity index (χ0) is 17.5.